The first kappa shape index (κ1) is 19.4. The Hall–Kier alpha value is -2.95. The van der Waals surface area contributed by atoms with Crippen LogP contribution in [0, 0.1) is 6.92 Å². The molecule has 0 unspecified atom stereocenters. The van der Waals surface area contributed by atoms with Crippen molar-refractivity contribution in [1.29, 1.82) is 0 Å². The van der Waals surface area contributed by atoms with Crippen LogP contribution in [0.3, 0.4) is 0 Å². The Morgan fingerprint density at radius 1 is 1.07 bits per heavy atom. The fourth-order valence-corrected chi connectivity index (χ4v) is 3.93. The quantitative estimate of drug-likeness (QED) is 0.510. The highest BCUT2D eigenvalue weighted by atomic mass is 35.5. The highest BCUT2D eigenvalue weighted by Gasteiger charge is 2.32. The summed E-state index contributed by atoms with van der Waals surface area (Å²) in [4.78, 5) is 13.0. The van der Waals surface area contributed by atoms with E-state index >= 15 is 0 Å². The molecule has 0 aliphatic carbocycles. The third-order valence-electron chi connectivity index (χ3n) is 4.89. The number of carbonyl (C=O) groups is 1. The molecular weight excluding hydrogens is 411 g/mol. The summed E-state index contributed by atoms with van der Waals surface area (Å²) < 4.78 is 5.68. The molecule has 0 amide bonds. The van der Waals surface area contributed by atoms with E-state index in [0.29, 0.717) is 28.1 Å². The average Bonchev–Trinajstić information content (AvgIpc) is 2.99. The van der Waals surface area contributed by atoms with Crippen LogP contribution >= 0.6 is 23.2 Å². The van der Waals surface area contributed by atoms with Crippen molar-refractivity contribution in [3.8, 4) is 17.2 Å². The highest BCUT2D eigenvalue weighted by molar-refractivity contribution is 6.36. The molecule has 0 fully saturated rings. The molecule has 0 atom stereocenters. The van der Waals surface area contributed by atoms with Gasteiger partial charge in [-0.05, 0) is 36.3 Å². The molecule has 0 saturated heterocycles. The van der Waals surface area contributed by atoms with Gasteiger partial charge in [-0.1, -0.05) is 53.5 Å². The van der Waals surface area contributed by atoms with Crippen LogP contribution in [0.15, 0.2) is 54.3 Å². The van der Waals surface area contributed by atoms with Crippen molar-refractivity contribution >= 4 is 35.1 Å². The molecule has 6 heteroatoms. The topological polar surface area (TPSA) is 66.8 Å². The largest absolute Gasteiger partial charge is 0.508 e. The molecule has 0 spiro atoms. The van der Waals surface area contributed by atoms with E-state index in [9.17, 15) is 15.0 Å². The van der Waals surface area contributed by atoms with Gasteiger partial charge in [0.15, 0.2) is 5.76 Å². The Bertz CT molecular complexity index is 1170. The molecule has 4 rings (SSSR count). The summed E-state index contributed by atoms with van der Waals surface area (Å²) in [6.45, 7) is 1.79. The molecule has 0 radical (unpaired) electrons. The van der Waals surface area contributed by atoms with Gasteiger partial charge in [0.25, 0.3) is 0 Å². The van der Waals surface area contributed by atoms with Gasteiger partial charge in [0.1, 0.15) is 17.2 Å². The second-order valence-electron chi connectivity index (χ2n) is 6.80. The van der Waals surface area contributed by atoms with Gasteiger partial charge in [0.05, 0.1) is 10.6 Å². The summed E-state index contributed by atoms with van der Waals surface area (Å²) in [5, 5.41) is 21.1. The van der Waals surface area contributed by atoms with Gasteiger partial charge in [-0.25, -0.2) is 0 Å². The maximum absolute atomic E-state index is 13.0. The molecule has 1 heterocycles. The second kappa shape index (κ2) is 7.47. The lowest BCUT2D eigenvalue weighted by Crippen LogP contribution is -2.02. The zero-order valence-corrected chi connectivity index (χ0v) is 16.9. The number of hydrogen-bond acceptors (Lipinski definition) is 4. The van der Waals surface area contributed by atoms with Crippen LogP contribution in [0.1, 0.15) is 32.6 Å². The molecule has 29 heavy (non-hydrogen) atoms. The number of ether oxygens (including phenoxy) is 1. The molecule has 146 valence electrons. The summed E-state index contributed by atoms with van der Waals surface area (Å²) in [5.41, 5.74) is 3.01. The highest BCUT2D eigenvalue weighted by Crippen LogP contribution is 2.41. The molecule has 0 saturated carbocycles. The molecule has 2 N–H and O–H groups in total. The van der Waals surface area contributed by atoms with Crippen LogP contribution in [0.25, 0.3) is 6.08 Å². The van der Waals surface area contributed by atoms with Gasteiger partial charge in [-0.3, -0.25) is 4.79 Å². The lowest BCUT2D eigenvalue weighted by atomic mass is 9.93. The summed E-state index contributed by atoms with van der Waals surface area (Å²) in [5.74, 6) is -0.163. The van der Waals surface area contributed by atoms with Crippen molar-refractivity contribution in [2.45, 2.75) is 13.3 Å². The van der Waals surface area contributed by atoms with Crippen molar-refractivity contribution in [1.82, 2.24) is 0 Å². The number of halogens is 2. The molecule has 4 nitrogen and oxygen atoms in total. The fourth-order valence-electron chi connectivity index (χ4n) is 3.42. The number of phenols is 2. The zero-order chi connectivity index (χ0) is 20.7. The minimum atomic E-state index is -0.331. The number of hydrogen-bond donors (Lipinski definition) is 2. The maximum atomic E-state index is 13.0. The van der Waals surface area contributed by atoms with E-state index in [1.165, 1.54) is 24.3 Å². The van der Waals surface area contributed by atoms with Gasteiger partial charge >= 0.3 is 0 Å². The predicted molar refractivity (Wildman–Crippen MR) is 113 cm³/mol. The Kier molecular flexibility index (Phi) is 4.99. The van der Waals surface area contributed by atoms with Gasteiger partial charge < -0.3 is 14.9 Å². The van der Waals surface area contributed by atoms with Crippen molar-refractivity contribution in [2.75, 3.05) is 0 Å². The lowest BCUT2D eigenvalue weighted by Gasteiger charge is -2.11. The van der Waals surface area contributed by atoms with Gasteiger partial charge in [0.2, 0.25) is 5.78 Å². The van der Waals surface area contributed by atoms with Crippen molar-refractivity contribution in [3.63, 3.8) is 0 Å². The molecule has 0 aromatic heterocycles. The number of aromatic hydroxyl groups is 2. The van der Waals surface area contributed by atoms with E-state index in [1.54, 1.807) is 6.92 Å². The number of carbonyl (C=O) groups excluding carboxylic acids is 1. The van der Waals surface area contributed by atoms with E-state index in [1.807, 2.05) is 30.3 Å². The standard InChI is InChI=1S/C23H16Cl2O4/c1-12-16(7-13-5-3-2-4-6-13)18(26)11-19-21(12)23(28)20(29-19)9-14-8-15(24)10-17(25)22(14)27/h2-6,8-11,26-27H,7H2,1H3/b20-9-. The summed E-state index contributed by atoms with van der Waals surface area (Å²) in [7, 11) is 0. The smallest absolute Gasteiger partial charge is 0.232 e. The number of benzene rings is 3. The van der Waals surface area contributed by atoms with Gasteiger partial charge in [-0.15, -0.1) is 0 Å². The Balaban J connectivity index is 1.75. The van der Waals surface area contributed by atoms with Crippen LogP contribution < -0.4 is 4.74 Å². The van der Waals surface area contributed by atoms with Crippen LogP contribution in [-0.4, -0.2) is 16.0 Å². The fraction of sp³-hybridized carbons (Fsp3) is 0.0870. The van der Waals surface area contributed by atoms with Crippen LogP contribution in [0.4, 0.5) is 0 Å². The lowest BCUT2D eigenvalue weighted by molar-refractivity contribution is 0.101. The Morgan fingerprint density at radius 2 is 1.79 bits per heavy atom. The SMILES string of the molecule is Cc1c(Cc2ccccc2)c(O)cc2c1C(=O)/C(=C/c1cc(Cl)cc(Cl)c1O)O2. The minimum absolute atomic E-state index is 0.0213. The van der Waals surface area contributed by atoms with Crippen LogP contribution in [-0.2, 0) is 6.42 Å². The number of ketones is 1. The van der Waals surface area contributed by atoms with E-state index in [0.717, 1.165) is 5.56 Å². The molecule has 3 aromatic carbocycles. The molecule has 0 bridgehead atoms. The maximum Gasteiger partial charge on any atom is 0.232 e. The monoisotopic (exact) mass is 426 g/mol. The third kappa shape index (κ3) is 3.57. The summed E-state index contributed by atoms with van der Waals surface area (Å²) >= 11 is 11.9. The number of fused-ring (bicyclic) bond motifs is 1. The first-order valence-electron chi connectivity index (χ1n) is 8.86. The normalized spacial score (nSPS) is 14.2. The Morgan fingerprint density at radius 3 is 2.52 bits per heavy atom. The molecular formula is C23H16Cl2O4. The van der Waals surface area contributed by atoms with Crippen LogP contribution in [0.5, 0.6) is 17.2 Å². The zero-order valence-electron chi connectivity index (χ0n) is 15.4. The first-order valence-corrected chi connectivity index (χ1v) is 9.62. The number of allylic oxidation sites excluding steroid dienone is 1. The number of rotatable bonds is 3. The summed E-state index contributed by atoms with van der Waals surface area (Å²) in [6, 6.07) is 14.0. The van der Waals surface area contributed by atoms with Gasteiger partial charge in [0, 0.05) is 28.6 Å². The van der Waals surface area contributed by atoms with Crippen molar-refractivity contribution in [2.24, 2.45) is 0 Å². The van der Waals surface area contributed by atoms with E-state index in [2.05, 4.69) is 0 Å². The predicted octanol–water partition coefficient (Wildman–Crippen LogP) is 5.92. The van der Waals surface area contributed by atoms with Crippen molar-refractivity contribution in [3.05, 3.63) is 92.2 Å². The van der Waals surface area contributed by atoms with E-state index < -0.39 is 0 Å². The van der Waals surface area contributed by atoms with Crippen LogP contribution in [0.2, 0.25) is 10.0 Å². The second-order valence-corrected chi connectivity index (χ2v) is 7.64. The number of Topliss-reactive ketones (excluding diaryl/α,β-unsaturated/α-hetero) is 1. The van der Waals surface area contributed by atoms with Crippen molar-refractivity contribution < 1.29 is 19.7 Å². The average molecular weight is 427 g/mol. The first-order chi connectivity index (χ1) is 13.8. The summed E-state index contributed by atoms with van der Waals surface area (Å²) in [6.07, 6.45) is 1.88. The van der Waals surface area contributed by atoms with Gasteiger partial charge in [-0.2, -0.15) is 0 Å². The number of phenolic OH excluding ortho intramolecular Hbond substituents is 2. The van der Waals surface area contributed by atoms with E-state index in [4.69, 9.17) is 27.9 Å². The Labute approximate surface area is 177 Å². The molecule has 1 aliphatic heterocycles. The molecule has 1 aliphatic rings. The third-order valence-corrected chi connectivity index (χ3v) is 5.40. The van der Waals surface area contributed by atoms with E-state index in [-0.39, 0.29) is 39.4 Å². The minimum Gasteiger partial charge on any atom is -0.508 e. The molecule has 3 aromatic rings.